The number of nitrogens with zero attached hydrogens (tertiary/aromatic N) is 1. The Kier molecular flexibility index (Phi) is 2.93. The summed E-state index contributed by atoms with van der Waals surface area (Å²) >= 11 is 0. The standard InChI is InChI=1S/C12H23NO/c1-7-8-9(2)10-13-11(3,4)12(5,6)14-10/h9H,7-8H2,1-6H3. The second-order valence-corrected chi connectivity index (χ2v) is 5.31. The van der Waals surface area contributed by atoms with Crippen LogP contribution >= 0.6 is 0 Å². The predicted octanol–water partition coefficient (Wildman–Crippen LogP) is 3.41. The summed E-state index contributed by atoms with van der Waals surface area (Å²) in [6.45, 7) is 12.9. The summed E-state index contributed by atoms with van der Waals surface area (Å²) in [5, 5.41) is 0. The van der Waals surface area contributed by atoms with E-state index < -0.39 is 0 Å². The Morgan fingerprint density at radius 2 is 1.86 bits per heavy atom. The van der Waals surface area contributed by atoms with E-state index >= 15 is 0 Å². The molecule has 1 unspecified atom stereocenters. The summed E-state index contributed by atoms with van der Waals surface area (Å²) in [4.78, 5) is 4.69. The van der Waals surface area contributed by atoms with Crippen LogP contribution in [0.2, 0.25) is 0 Å². The first-order valence-electron chi connectivity index (χ1n) is 5.59. The molecule has 0 saturated carbocycles. The summed E-state index contributed by atoms with van der Waals surface area (Å²) in [6, 6.07) is 0. The van der Waals surface area contributed by atoms with Crippen LogP contribution in [0.5, 0.6) is 0 Å². The van der Waals surface area contributed by atoms with Gasteiger partial charge < -0.3 is 4.74 Å². The molecule has 0 aromatic heterocycles. The molecule has 0 amide bonds. The fraction of sp³-hybridized carbons (Fsp3) is 0.917. The quantitative estimate of drug-likeness (QED) is 0.679. The van der Waals surface area contributed by atoms with Crippen molar-refractivity contribution < 1.29 is 4.74 Å². The minimum absolute atomic E-state index is 0.0929. The van der Waals surface area contributed by atoms with Crippen molar-refractivity contribution in [1.82, 2.24) is 0 Å². The zero-order chi connectivity index (χ0) is 11.0. The molecular weight excluding hydrogens is 174 g/mol. The number of aliphatic imine (C=N–C) groups is 1. The average Bonchev–Trinajstić information content (AvgIpc) is 2.22. The van der Waals surface area contributed by atoms with Crippen molar-refractivity contribution in [2.24, 2.45) is 10.9 Å². The van der Waals surface area contributed by atoms with Gasteiger partial charge >= 0.3 is 0 Å². The molecule has 0 aromatic rings. The van der Waals surface area contributed by atoms with Gasteiger partial charge in [0.1, 0.15) is 5.60 Å². The van der Waals surface area contributed by atoms with E-state index in [0.29, 0.717) is 5.92 Å². The van der Waals surface area contributed by atoms with Gasteiger partial charge in [-0.25, -0.2) is 4.99 Å². The van der Waals surface area contributed by atoms with Crippen LogP contribution in [-0.2, 0) is 4.74 Å². The highest BCUT2D eigenvalue weighted by atomic mass is 16.5. The lowest BCUT2D eigenvalue weighted by Crippen LogP contribution is -2.41. The molecule has 82 valence electrons. The number of rotatable bonds is 3. The normalized spacial score (nSPS) is 25.4. The Labute approximate surface area is 87.8 Å². The van der Waals surface area contributed by atoms with Crippen LogP contribution in [-0.4, -0.2) is 17.0 Å². The molecule has 1 aliphatic rings. The molecule has 1 rings (SSSR count). The Bertz CT molecular complexity index is 241. The van der Waals surface area contributed by atoms with Gasteiger partial charge in [-0.05, 0) is 34.1 Å². The maximum Gasteiger partial charge on any atom is 0.187 e. The lowest BCUT2D eigenvalue weighted by molar-refractivity contribution is 0.0560. The Hall–Kier alpha value is -0.530. The number of hydrogen-bond acceptors (Lipinski definition) is 2. The first-order chi connectivity index (χ1) is 6.30. The van der Waals surface area contributed by atoms with E-state index in [1.807, 2.05) is 0 Å². The lowest BCUT2D eigenvalue weighted by atomic mass is 9.87. The van der Waals surface area contributed by atoms with Gasteiger partial charge in [-0.1, -0.05) is 20.3 Å². The van der Waals surface area contributed by atoms with E-state index in [1.54, 1.807) is 0 Å². The second kappa shape index (κ2) is 3.56. The molecule has 1 aliphatic heterocycles. The average molecular weight is 197 g/mol. The molecule has 2 nitrogen and oxygen atoms in total. The minimum atomic E-state index is -0.162. The van der Waals surface area contributed by atoms with E-state index in [9.17, 15) is 0 Å². The summed E-state index contributed by atoms with van der Waals surface area (Å²) in [7, 11) is 0. The molecule has 0 radical (unpaired) electrons. The molecule has 1 atom stereocenters. The summed E-state index contributed by atoms with van der Waals surface area (Å²) in [5.74, 6) is 1.41. The maximum absolute atomic E-state index is 5.93. The van der Waals surface area contributed by atoms with Crippen LogP contribution in [0.4, 0.5) is 0 Å². The Balaban J connectivity index is 2.77. The zero-order valence-corrected chi connectivity index (χ0v) is 10.3. The van der Waals surface area contributed by atoms with Crippen LogP contribution in [0.15, 0.2) is 4.99 Å². The van der Waals surface area contributed by atoms with Gasteiger partial charge in [-0.15, -0.1) is 0 Å². The van der Waals surface area contributed by atoms with E-state index in [-0.39, 0.29) is 11.1 Å². The van der Waals surface area contributed by atoms with Crippen LogP contribution in [0.1, 0.15) is 54.4 Å². The molecular formula is C12H23NO. The van der Waals surface area contributed by atoms with Crippen LogP contribution in [0.3, 0.4) is 0 Å². The number of ether oxygens (including phenoxy) is 1. The fourth-order valence-corrected chi connectivity index (χ4v) is 1.59. The van der Waals surface area contributed by atoms with Crippen molar-refractivity contribution in [3.8, 4) is 0 Å². The highest BCUT2D eigenvalue weighted by molar-refractivity contribution is 5.81. The Morgan fingerprint density at radius 1 is 1.29 bits per heavy atom. The van der Waals surface area contributed by atoms with Crippen molar-refractivity contribution in [2.45, 2.75) is 65.5 Å². The summed E-state index contributed by atoms with van der Waals surface area (Å²) in [5.41, 5.74) is -0.255. The van der Waals surface area contributed by atoms with Gasteiger partial charge in [0.25, 0.3) is 0 Å². The van der Waals surface area contributed by atoms with E-state index in [2.05, 4.69) is 46.5 Å². The third kappa shape index (κ3) is 1.94. The van der Waals surface area contributed by atoms with E-state index in [0.717, 1.165) is 12.3 Å². The molecule has 14 heavy (non-hydrogen) atoms. The van der Waals surface area contributed by atoms with Gasteiger partial charge in [0, 0.05) is 5.92 Å². The SMILES string of the molecule is CCCC(C)C1=NC(C)(C)C(C)(C)O1. The Morgan fingerprint density at radius 3 is 2.21 bits per heavy atom. The third-order valence-electron chi connectivity index (χ3n) is 3.37. The largest absolute Gasteiger partial charge is 0.472 e. The summed E-state index contributed by atoms with van der Waals surface area (Å²) < 4.78 is 5.93. The van der Waals surface area contributed by atoms with Crippen molar-refractivity contribution in [1.29, 1.82) is 0 Å². The molecule has 1 heterocycles. The first-order valence-corrected chi connectivity index (χ1v) is 5.59. The van der Waals surface area contributed by atoms with Gasteiger partial charge in [-0.2, -0.15) is 0 Å². The molecule has 0 fully saturated rings. The molecule has 0 aliphatic carbocycles. The molecule has 2 heteroatoms. The summed E-state index contributed by atoms with van der Waals surface area (Å²) in [6.07, 6.45) is 2.34. The maximum atomic E-state index is 5.93. The lowest BCUT2D eigenvalue weighted by Gasteiger charge is -2.31. The zero-order valence-electron chi connectivity index (χ0n) is 10.3. The first kappa shape index (κ1) is 11.5. The molecule has 0 aromatic carbocycles. The molecule has 0 bridgehead atoms. The third-order valence-corrected chi connectivity index (χ3v) is 3.37. The van der Waals surface area contributed by atoms with Crippen molar-refractivity contribution in [3.63, 3.8) is 0 Å². The van der Waals surface area contributed by atoms with Crippen molar-refractivity contribution >= 4 is 5.90 Å². The highest BCUT2D eigenvalue weighted by Crippen LogP contribution is 2.36. The van der Waals surface area contributed by atoms with Crippen LogP contribution in [0.25, 0.3) is 0 Å². The van der Waals surface area contributed by atoms with Gasteiger partial charge in [0.05, 0.1) is 5.54 Å². The van der Waals surface area contributed by atoms with Gasteiger partial charge in [0.15, 0.2) is 5.90 Å². The van der Waals surface area contributed by atoms with Crippen molar-refractivity contribution in [3.05, 3.63) is 0 Å². The van der Waals surface area contributed by atoms with Crippen molar-refractivity contribution in [2.75, 3.05) is 0 Å². The number of hydrogen-bond donors (Lipinski definition) is 0. The molecule has 0 N–H and O–H groups in total. The van der Waals surface area contributed by atoms with Gasteiger partial charge in [0.2, 0.25) is 0 Å². The topological polar surface area (TPSA) is 21.6 Å². The van der Waals surface area contributed by atoms with Gasteiger partial charge in [-0.3, -0.25) is 0 Å². The fourth-order valence-electron chi connectivity index (χ4n) is 1.59. The predicted molar refractivity (Wildman–Crippen MR) is 60.8 cm³/mol. The van der Waals surface area contributed by atoms with E-state index in [1.165, 1.54) is 6.42 Å². The monoisotopic (exact) mass is 197 g/mol. The molecule has 0 spiro atoms. The highest BCUT2D eigenvalue weighted by Gasteiger charge is 2.45. The smallest absolute Gasteiger partial charge is 0.187 e. The van der Waals surface area contributed by atoms with Crippen LogP contribution in [0, 0.1) is 5.92 Å². The molecule has 0 saturated heterocycles. The van der Waals surface area contributed by atoms with Crippen LogP contribution < -0.4 is 0 Å². The minimum Gasteiger partial charge on any atom is -0.472 e. The van der Waals surface area contributed by atoms with E-state index in [4.69, 9.17) is 4.74 Å². The second-order valence-electron chi connectivity index (χ2n) is 5.31.